The molecule has 3 rings (SSSR count). The van der Waals surface area contributed by atoms with Crippen molar-refractivity contribution in [3.8, 4) is 0 Å². The Bertz CT molecular complexity index is 952. The normalized spacial score (nSPS) is 11.4. The second-order valence-electron chi connectivity index (χ2n) is 7.47. The van der Waals surface area contributed by atoms with E-state index in [4.69, 9.17) is 0 Å². The number of rotatable bonds is 5. The van der Waals surface area contributed by atoms with Gasteiger partial charge in [0, 0.05) is 24.2 Å². The van der Waals surface area contributed by atoms with Crippen LogP contribution >= 0.6 is 0 Å². The number of carbonyl (C=O) groups is 2. The Morgan fingerprint density at radius 2 is 1.52 bits per heavy atom. The summed E-state index contributed by atoms with van der Waals surface area (Å²) >= 11 is 0. The van der Waals surface area contributed by atoms with Gasteiger partial charge in [-0.05, 0) is 41.3 Å². The molecule has 2 amide bonds. The minimum Gasteiger partial charge on any atom is -0.350 e. The Kier molecular flexibility index (Phi) is 5.26. The fraction of sp³-hybridized carbons (Fsp3) is 0.286. The SMILES string of the molecule is CC(C)(C)c1ccc(C(=O)NCCNC(=O)c2ccc3nc[nH]c3c2)cc1. The van der Waals surface area contributed by atoms with Crippen molar-refractivity contribution in [2.45, 2.75) is 26.2 Å². The molecule has 0 saturated heterocycles. The molecule has 6 nitrogen and oxygen atoms in total. The van der Waals surface area contributed by atoms with Crippen LogP contribution in [0.1, 0.15) is 47.1 Å². The highest BCUT2D eigenvalue weighted by atomic mass is 16.2. The molecular weight excluding hydrogens is 340 g/mol. The zero-order valence-corrected chi connectivity index (χ0v) is 15.8. The van der Waals surface area contributed by atoms with Gasteiger partial charge in [0.1, 0.15) is 0 Å². The minimum atomic E-state index is -0.185. The molecule has 0 atom stereocenters. The van der Waals surface area contributed by atoms with Crippen molar-refractivity contribution in [1.29, 1.82) is 0 Å². The standard InChI is InChI=1S/C21H24N4O2/c1-21(2,3)16-7-4-14(5-8-16)19(26)22-10-11-23-20(27)15-6-9-17-18(12-15)25-13-24-17/h4-9,12-13H,10-11H2,1-3H3,(H,22,26)(H,23,27)(H,24,25). The molecule has 140 valence electrons. The van der Waals surface area contributed by atoms with Crippen LogP contribution in [-0.2, 0) is 5.41 Å². The summed E-state index contributed by atoms with van der Waals surface area (Å²) in [4.78, 5) is 31.5. The zero-order chi connectivity index (χ0) is 19.4. The predicted molar refractivity (Wildman–Crippen MR) is 106 cm³/mol. The van der Waals surface area contributed by atoms with E-state index in [0.29, 0.717) is 24.2 Å². The number of aromatic nitrogens is 2. The summed E-state index contributed by atoms with van der Waals surface area (Å²) in [6.45, 7) is 7.11. The average molecular weight is 364 g/mol. The predicted octanol–water partition coefficient (Wildman–Crippen LogP) is 3.02. The largest absolute Gasteiger partial charge is 0.350 e. The molecular formula is C21H24N4O2. The Morgan fingerprint density at radius 3 is 2.15 bits per heavy atom. The summed E-state index contributed by atoms with van der Waals surface area (Å²) in [6, 6.07) is 12.9. The van der Waals surface area contributed by atoms with E-state index in [1.54, 1.807) is 24.5 Å². The lowest BCUT2D eigenvalue weighted by Crippen LogP contribution is -2.34. The number of amides is 2. The molecule has 0 spiro atoms. The molecule has 6 heteroatoms. The van der Waals surface area contributed by atoms with Gasteiger partial charge >= 0.3 is 0 Å². The fourth-order valence-corrected chi connectivity index (χ4v) is 2.75. The van der Waals surface area contributed by atoms with E-state index in [2.05, 4.69) is 41.4 Å². The lowest BCUT2D eigenvalue weighted by Gasteiger charge is -2.19. The van der Waals surface area contributed by atoms with Gasteiger partial charge in [0.2, 0.25) is 0 Å². The summed E-state index contributed by atoms with van der Waals surface area (Å²) in [6.07, 6.45) is 1.59. The maximum absolute atomic E-state index is 12.2. The van der Waals surface area contributed by atoms with Crippen molar-refractivity contribution >= 4 is 22.8 Å². The molecule has 0 aliphatic heterocycles. The number of fused-ring (bicyclic) bond motifs is 1. The molecule has 0 radical (unpaired) electrons. The van der Waals surface area contributed by atoms with Gasteiger partial charge in [-0.1, -0.05) is 32.9 Å². The fourth-order valence-electron chi connectivity index (χ4n) is 2.75. The van der Waals surface area contributed by atoms with Crippen molar-refractivity contribution in [1.82, 2.24) is 20.6 Å². The van der Waals surface area contributed by atoms with Crippen LogP contribution in [0.3, 0.4) is 0 Å². The van der Waals surface area contributed by atoms with Crippen molar-refractivity contribution in [3.05, 3.63) is 65.5 Å². The molecule has 2 aromatic carbocycles. The number of benzene rings is 2. The van der Waals surface area contributed by atoms with Crippen molar-refractivity contribution < 1.29 is 9.59 Å². The third-order valence-electron chi connectivity index (χ3n) is 4.39. The van der Waals surface area contributed by atoms with Crippen molar-refractivity contribution in [2.24, 2.45) is 0 Å². The van der Waals surface area contributed by atoms with Crippen molar-refractivity contribution in [3.63, 3.8) is 0 Å². The van der Waals surface area contributed by atoms with Gasteiger partial charge in [-0.15, -0.1) is 0 Å². The first kappa shape index (κ1) is 18.6. The number of hydrogen-bond donors (Lipinski definition) is 3. The average Bonchev–Trinajstić information content (AvgIpc) is 3.12. The highest BCUT2D eigenvalue weighted by Crippen LogP contribution is 2.22. The molecule has 27 heavy (non-hydrogen) atoms. The van der Waals surface area contributed by atoms with E-state index in [0.717, 1.165) is 11.0 Å². The molecule has 1 aromatic heterocycles. The third kappa shape index (κ3) is 4.53. The number of carbonyl (C=O) groups excluding carboxylic acids is 2. The van der Waals surface area contributed by atoms with Crippen molar-refractivity contribution in [2.75, 3.05) is 13.1 Å². The maximum Gasteiger partial charge on any atom is 0.251 e. The number of imidazole rings is 1. The number of aromatic amines is 1. The topological polar surface area (TPSA) is 86.9 Å². The lowest BCUT2D eigenvalue weighted by atomic mass is 9.87. The van der Waals surface area contributed by atoms with E-state index < -0.39 is 0 Å². The summed E-state index contributed by atoms with van der Waals surface area (Å²) in [5, 5.41) is 5.62. The first-order valence-corrected chi connectivity index (χ1v) is 8.95. The number of nitrogens with zero attached hydrogens (tertiary/aromatic N) is 1. The highest BCUT2D eigenvalue weighted by molar-refractivity contribution is 5.97. The summed E-state index contributed by atoms with van der Waals surface area (Å²) in [5.74, 6) is -0.334. The van der Waals surface area contributed by atoms with Crippen LogP contribution in [-0.4, -0.2) is 34.9 Å². The zero-order valence-electron chi connectivity index (χ0n) is 15.8. The molecule has 0 aliphatic rings. The van der Waals surface area contributed by atoms with Crippen LogP contribution in [0.4, 0.5) is 0 Å². The maximum atomic E-state index is 12.2. The van der Waals surface area contributed by atoms with Crippen LogP contribution in [0.25, 0.3) is 11.0 Å². The van der Waals surface area contributed by atoms with Gasteiger partial charge < -0.3 is 15.6 Å². The van der Waals surface area contributed by atoms with Crippen LogP contribution in [0, 0.1) is 0 Å². The van der Waals surface area contributed by atoms with Gasteiger partial charge in [-0.3, -0.25) is 9.59 Å². The molecule has 1 heterocycles. The summed E-state index contributed by atoms with van der Waals surface area (Å²) in [7, 11) is 0. The van der Waals surface area contributed by atoms with E-state index >= 15 is 0 Å². The molecule has 3 aromatic rings. The van der Waals surface area contributed by atoms with Gasteiger partial charge in [0.25, 0.3) is 11.8 Å². The van der Waals surface area contributed by atoms with Crippen LogP contribution in [0.5, 0.6) is 0 Å². The second kappa shape index (κ2) is 7.61. The molecule has 0 unspecified atom stereocenters. The Morgan fingerprint density at radius 1 is 0.926 bits per heavy atom. The third-order valence-corrected chi connectivity index (χ3v) is 4.39. The second-order valence-corrected chi connectivity index (χ2v) is 7.47. The first-order valence-electron chi connectivity index (χ1n) is 8.95. The number of hydrogen-bond acceptors (Lipinski definition) is 3. The molecule has 3 N–H and O–H groups in total. The highest BCUT2D eigenvalue weighted by Gasteiger charge is 2.14. The Labute approximate surface area is 158 Å². The summed E-state index contributed by atoms with van der Waals surface area (Å²) < 4.78 is 0. The van der Waals surface area contributed by atoms with Crippen LogP contribution in [0.15, 0.2) is 48.8 Å². The monoisotopic (exact) mass is 364 g/mol. The number of nitrogens with one attached hydrogen (secondary N) is 3. The van der Waals surface area contributed by atoms with Crippen LogP contribution in [0.2, 0.25) is 0 Å². The summed E-state index contributed by atoms with van der Waals surface area (Å²) in [5.41, 5.74) is 4.03. The van der Waals surface area contributed by atoms with Gasteiger partial charge in [-0.25, -0.2) is 4.98 Å². The number of H-pyrrole nitrogens is 1. The van der Waals surface area contributed by atoms with E-state index in [1.807, 2.05) is 24.3 Å². The first-order chi connectivity index (χ1) is 12.8. The van der Waals surface area contributed by atoms with Gasteiger partial charge in [0.15, 0.2) is 0 Å². The Hall–Kier alpha value is -3.15. The molecule has 0 aliphatic carbocycles. The van der Waals surface area contributed by atoms with Crippen LogP contribution < -0.4 is 10.6 Å². The Balaban J connectivity index is 1.47. The molecule has 0 saturated carbocycles. The van der Waals surface area contributed by atoms with E-state index in [1.165, 1.54) is 5.56 Å². The van der Waals surface area contributed by atoms with E-state index in [9.17, 15) is 9.59 Å². The van der Waals surface area contributed by atoms with Gasteiger partial charge in [-0.2, -0.15) is 0 Å². The smallest absolute Gasteiger partial charge is 0.251 e. The van der Waals surface area contributed by atoms with Gasteiger partial charge in [0.05, 0.1) is 17.4 Å². The van der Waals surface area contributed by atoms with E-state index in [-0.39, 0.29) is 17.2 Å². The molecule has 0 bridgehead atoms. The minimum absolute atomic E-state index is 0.0541. The lowest BCUT2D eigenvalue weighted by molar-refractivity contribution is 0.0927. The quantitative estimate of drug-likeness (QED) is 0.608. The molecule has 0 fully saturated rings.